The number of rotatable bonds is 42. The zero-order valence-electron chi connectivity index (χ0n) is 53.9. The lowest BCUT2D eigenvalue weighted by Crippen LogP contribution is -2.60. The second-order valence-corrected chi connectivity index (χ2v) is 24.1. The van der Waals surface area contributed by atoms with Crippen molar-refractivity contribution in [2.24, 2.45) is 23.7 Å². The molecule has 0 aliphatic carbocycles. The van der Waals surface area contributed by atoms with Crippen molar-refractivity contribution in [2.45, 2.75) is 199 Å². The summed E-state index contributed by atoms with van der Waals surface area (Å²) in [5.74, 6) is -19.6. The number of carboxylic acids is 5. The maximum atomic E-state index is 14.6. The fourth-order valence-corrected chi connectivity index (χ4v) is 9.51. The second-order valence-electron chi connectivity index (χ2n) is 24.1. The fourth-order valence-electron chi connectivity index (χ4n) is 9.51. The first-order valence-corrected chi connectivity index (χ1v) is 30.5. The van der Waals surface area contributed by atoms with Crippen LogP contribution in [0.2, 0.25) is 0 Å². The highest BCUT2D eigenvalue weighted by Gasteiger charge is 2.37. The molecule has 2 rings (SSSR count). The number of hydrogen-bond acceptors (Lipinski definition) is 17. The lowest BCUT2D eigenvalue weighted by Gasteiger charge is -2.31. The van der Waals surface area contributed by atoms with Gasteiger partial charge in [-0.3, -0.25) is 67.1 Å². The Labute approximate surface area is 542 Å². The summed E-state index contributed by atoms with van der Waals surface area (Å²) < 4.78 is 0. The Morgan fingerprint density at radius 1 is 0.394 bits per heavy atom. The third kappa shape index (κ3) is 30.1. The van der Waals surface area contributed by atoms with Crippen LogP contribution in [-0.2, 0) is 84.8 Å². The van der Waals surface area contributed by atoms with Gasteiger partial charge in [0.2, 0.25) is 59.1 Å². The molecule has 0 saturated carbocycles. The lowest BCUT2D eigenvalue weighted by molar-refractivity contribution is -0.147. The molecule has 10 amide bonds. The zero-order valence-corrected chi connectivity index (χ0v) is 53.9. The molecule has 94 heavy (non-hydrogen) atoms. The van der Waals surface area contributed by atoms with Crippen molar-refractivity contribution in [3.8, 4) is 5.75 Å². The minimum atomic E-state index is -1.97. The number of amides is 10. The molecule has 32 nitrogen and oxygen atoms in total. The van der Waals surface area contributed by atoms with E-state index in [1.807, 2.05) is 5.32 Å². The molecule has 0 bridgehead atoms. The van der Waals surface area contributed by atoms with Gasteiger partial charge in [-0.1, -0.05) is 90.9 Å². The van der Waals surface area contributed by atoms with Crippen molar-refractivity contribution in [1.29, 1.82) is 0 Å². The number of nitrogens with one attached hydrogen (secondary N) is 10. The summed E-state index contributed by atoms with van der Waals surface area (Å²) >= 11 is 0. The van der Waals surface area contributed by atoms with Gasteiger partial charge in [0, 0.05) is 38.5 Å². The van der Waals surface area contributed by atoms with Gasteiger partial charge in [-0.2, -0.15) is 0 Å². The van der Waals surface area contributed by atoms with Crippen LogP contribution in [0.25, 0.3) is 0 Å². The van der Waals surface area contributed by atoms with E-state index >= 15 is 0 Å². The molecule has 0 saturated heterocycles. The van der Waals surface area contributed by atoms with Gasteiger partial charge in [-0.15, -0.1) is 0 Å². The molecule has 32 heteroatoms. The number of aliphatic hydroxyl groups is 1. The zero-order chi connectivity index (χ0) is 71.3. The first-order valence-electron chi connectivity index (χ1n) is 30.5. The Hall–Kier alpha value is -9.75. The van der Waals surface area contributed by atoms with Gasteiger partial charge in [-0.05, 0) is 80.0 Å². The minimum Gasteiger partial charge on any atom is -0.508 e. The van der Waals surface area contributed by atoms with E-state index in [2.05, 4.69) is 47.9 Å². The maximum absolute atomic E-state index is 14.6. The Morgan fingerprint density at radius 3 is 1.29 bits per heavy atom. The largest absolute Gasteiger partial charge is 0.508 e. The van der Waals surface area contributed by atoms with E-state index in [9.17, 15) is 103 Å². The van der Waals surface area contributed by atoms with E-state index < -0.39 is 199 Å². The van der Waals surface area contributed by atoms with Gasteiger partial charge < -0.3 is 88.9 Å². The molecule has 0 unspecified atom stereocenters. The molecule has 0 aromatic heterocycles. The monoisotopic (exact) mass is 1330 g/mol. The summed E-state index contributed by atoms with van der Waals surface area (Å²) in [6.07, 6.45) is -6.59. The molecule has 0 spiro atoms. The highest BCUT2D eigenvalue weighted by Crippen LogP contribution is 2.19. The van der Waals surface area contributed by atoms with Crippen molar-refractivity contribution < 1.29 is 108 Å². The predicted octanol–water partition coefficient (Wildman–Crippen LogP) is -1.04. The van der Waals surface area contributed by atoms with Crippen LogP contribution in [0.15, 0.2) is 54.6 Å². The van der Waals surface area contributed by atoms with Crippen molar-refractivity contribution >= 4 is 88.9 Å². The van der Waals surface area contributed by atoms with Crippen molar-refractivity contribution in [3.63, 3.8) is 0 Å². The summed E-state index contributed by atoms with van der Waals surface area (Å²) in [5.41, 5.74) is 0.885. The third-order valence-electron chi connectivity index (χ3n) is 14.4. The first kappa shape index (κ1) is 80.3. The Morgan fingerprint density at radius 2 is 0.809 bits per heavy atom. The molecular weight excluding hydrogens is 1240 g/mol. The number of carbonyl (C=O) groups excluding carboxylic acids is 10. The van der Waals surface area contributed by atoms with Gasteiger partial charge in [0.15, 0.2) is 0 Å². The number of aliphatic carboxylic acids is 5. The highest BCUT2D eigenvalue weighted by molar-refractivity contribution is 5.98. The number of carboxylic acid groups (broad SMARTS) is 5. The van der Waals surface area contributed by atoms with E-state index in [1.165, 1.54) is 31.2 Å². The second kappa shape index (κ2) is 39.6. The number of benzene rings is 2. The quantitative estimate of drug-likeness (QED) is 0.0378. The van der Waals surface area contributed by atoms with Crippen LogP contribution in [0.3, 0.4) is 0 Å². The molecule has 2 aromatic rings. The van der Waals surface area contributed by atoms with Crippen molar-refractivity contribution in [1.82, 2.24) is 53.2 Å². The molecule has 17 N–H and O–H groups in total. The molecule has 0 aliphatic rings. The number of phenols is 1. The smallest absolute Gasteiger partial charge is 0.326 e. The van der Waals surface area contributed by atoms with E-state index in [-0.39, 0.29) is 56.1 Å². The predicted molar refractivity (Wildman–Crippen MR) is 332 cm³/mol. The van der Waals surface area contributed by atoms with Crippen LogP contribution < -0.4 is 53.2 Å². The average molecular weight is 1330 g/mol. The molecule has 0 fully saturated rings. The summed E-state index contributed by atoms with van der Waals surface area (Å²) in [5, 5.41) is 93.0. The lowest BCUT2D eigenvalue weighted by atomic mass is 9.91. The standard InChI is InChI=1S/C62H90N10O22/c1-30(2)23-41(66-60(91)45(28-50(80)81)69-58(89)42(24-31(3)4)67-55(86)39(64-35(9)73)19-21-48(76)77)47(75)25-33(7)53(84)72-52(32(5)6)61(92)70-44(26-36-13-11-10-12-14-36)59(90)68-43(27-37-15-17-38(74)18-16-37)57(88)63-34(8)54(85)65-40(20-22-49(78)79)56(87)71-46(62(93)94)29-51(82)83/h10-18,30-34,39-47,52,74-75H,19-29H2,1-9H3,(H,63,88)(H,64,73)(H,65,85)(H,66,91)(H,67,86)(H,68,90)(H,69,89)(H,70,92)(H,71,87)(H,72,84)(H,76,77)(H,78,79)(H,80,81)(H,82,83)(H,93,94)/t33-,34+,39+,40+,41+,42+,43+,44+,45+,46+,47+,52+/m1/s1. The number of carbonyl (C=O) groups is 15. The molecule has 520 valence electrons. The number of hydrogen-bond donors (Lipinski definition) is 17. The van der Waals surface area contributed by atoms with Crippen molar-refractivity contribution in [3.05, 3.63) is 65.7 Å². The Bertz CT molecular complexity index is 2980. The van der Waals surface area contributed by atoms with Crippen LogP contribution >= 0.6 is 0 Å². The first-order chi connectivity index (χ1) is 43.9. The minimum absolute atomic E-state index is 0.0454. The molecular formula is C62H90N10O22. The maximum Gasteiger partial charge on any atom is 0.326 e. The van der Waals surface area contributed by atoms with Gasteiger partial charge in [0.1, 0.15) is 60.1 Å². The van der Waals surface area contributed by atoms with Crippen LogP contribution in [0.5, 0.6) is 5.75 Å². The number of phenolic OH excluding ortho intramolecular Hbond substituents is 1. The molecule has 0 heterocycles. The molecule has 2 aromatic carbocycles. The van der Waals surface area contributed by atoms with E-state index in [1.54, 1.807) is 71.9 Å². The average Bonchev–Trinajstić information content (AvgIpc) is 1.07. The Kier molecular flexibility index (Phi) is 33.9. The summed E-state index contributed by atoms with van der Waals surface area (Å²) in [6, 6.07) is -1.73. The number of aliphatic hydroxyl groups excluding tert-OH is 1. The summed E-state index contributed by atoms with van der Waals surface area (Å²) in [6.45, 7) is 13.8. The molecule has 0 aliphatic heterocycles. The summed E-state index contributed by atoms with van der Waals surface area (Å²) in [7, 11) is 0. The molecule has 12 atom stereocenters. The van der Waals surface area contributed by atoms with E-state index in [4.69, 9.17) is 5.11 Å². The number of aromatic hydroxyl groups is 1. The van der Waals surface area contributed by atoms with Gasteiger partial charge in [-0.25, -0.2) is 4.79 Å². The Balaban J connectivity index is 2.44. The van der Waals surface area contributed by atoms with Gasteiger partial charge in [0.05, 0.1) is 25.0 Å². The van der Waals surface area contributed by atoms with Crippen LogP contribution in [0.4, 0.5) is 0 Å². The van der Waals surface area contributed by atoms with Gasteiger partial charge in [0.25, 0.3) is 0 Å². The normalized spacial score (nSPS) is 15.0. The van der Waals surface area contributed by atoms with Crippen LogP contribution in [0, 0.1) is 23.7 Å². The fraction of sp³-hybridized carbons (Fsp3) is 0.565. The van der Waals surface area contributed by atoms with Crippen LogP contribution in [-0.4, -0.2) is 191 Å². The van der Waals surface area contributed by atoms with E-state index in [0.29, 0.717) is 11.1 Å². The van der Waals surface area contributed by atoms with Crippen molar-refractivity contribution in [2.75, 3.05) is 0 Å². The SMILES string of the molecule is CC(=O)N[C@@H](CCC(=O)O)C(=O)N[C@@H](CC(C)C)C(=O)N[C@@H](CC(=O)O)C(=O)N[C@@H](CC(C)C)[C@@H](O)C[C@@H](C)C(=O)N[C@H](C(=O)N[C@@H](Cc1ccccc1)C(=O)N[C@@H](Cc1ccc(O)cc1)C(=O)N[C@@H](C)C(=O)N[C@@H](CCC(=O)O)C(=O)N[C@@H](CC(=O)O)C(=O)O)C(C)C. The highest BCUT2D eigenvalue weighted by atomic mass is 16.4. The summed E-state index contributed by atoms with van der Waals surface area (Å²) in [4.78, 5) is 195. The topological polar surface area (TPSA) is 518 Å². The molecule has 0 radical (unpaired) electrons. The third-order valence-corrected chi connectivity index (χ3v) is 14.4. The van der Waals surface area contributed by atoms with Gasteiger partial charge >= 0.3 is 29.8 Å². The van der Waals surface area contributed by atoms with Crippen LogP contribution in [0.1, 0.15) is 131 Å². The van der Waals surface area contributed by atoms with E-state index in [0.717, 1.165) is 13.8 Å².